The number of amides is 1. The Bertz CT molecular complexity index is 514. The van der Waals surface area contributed by atoms with Crippen molar-refractivity contribution in [3.63, 3.8) is 0 Å². The van der Waals surface area contributed by atoms with Crippen molar-refractivity contribution in [3.8, 4) is 0 Å². The number of rotatable bonds is 6. The minimum absolute atomic E-state index is 0.307. The van der Waals surface area contributed by atoms with Crippen LogP contribution in [-0.4, -0.2) is 31.4 Å². The van der Waals surface area contributed by atoms with Crippen molar-refractivity contribution in [1.82, 2.24) is 10.2 Å². The van der Waals surface area contributed by atoms with E-state index in [2.05, 4.69) is 48.6 Å². The molecule has 2 saturated carbocycles. The average molecular weight is 300 g/mol. The zero-order valence-corrected chi connectivity index (χ0v) is 13.8. The number of benzene rings is 1. The first-order valence-electron chi connectivity index (χ1n) is 8.65. The van der Waals surface area contributed by atoms with Gasteiger partial charge in [0, 0.05) is 19.0 Å². The van der Waals surface area contributed by atoms with Crippen LogP contribution in [0.5, 0.6) is 0 Å². The van der Waals surface area contributed by atoms with Gasteiger partial charge >= 0.3 is 0 Å². The number of nitrogens with one attached hydrogen (secondary N) is 1. The third kappa shape index (κ3) is 3.70. The molecule has 1 aromatic rings. The number of carbonyl (C=O) groups excluding carboxylic acids is 1. The van der Waals surface area contributed by atoms with E-state index in [4.69, 9.17) is 0 Å². The van der Waals surface area contributed by atoms with E-state index in [0.29, 0.717) is 23.7 Å². The lowest BCUT2D eigenvalue weighted by Gasteiger charge is -2.11. The predicted octanol–water partition coefficient (Wildman–Crippen LogP) is 2.84. The van der Waals surface area contributed by atoms with Crippen LogP contribution in [0.15, 0.2) is 24.3 Å². The van der Waals surface area contributed by atoms with Gasteiger partial charge < -0.3 is 10.2 Å². The van der Waals surface area contributed by atoms with Gasteiger partial charge in [-0.1, -0.05) is 37.1 Å². The van der Waals surface area contributed by atoms with Crippen LogP contribution in [0.2, 0.25) is 0 Å². The molecule has 3 heteroatoms. The maximum atomic E-state index is 12.3. The Kier molecular flexibility index (Phi) is 4.82. The number of carbonyl (C=O) groups is 1. The molecule has 2 aliphatic rings. The molecule has 2 aliphatic carbocycles. The Balaban J connectivity index is 1.44. The van der Waals surface area contributed by atoms with Gasteiger partial charge in [-0.25, -0.2) is 0 Å². The summed E-state index contributed by atoms with van der Waals surface area (Å²) in [4.78, 5) is 14.4. The highest BCUT2D eigenvalue weighted by molar-refractivity contribution is 5.82. The molecule has 2 unspecified atom stereocenters. The minimum Gasteiger partial charge on any atom is -0.356 e. The van der Waals surface area contributed by atoms with Gasteiger partial charge in [0.15, 0.2) is 0 Å². The van der Waals surface area contributed by atoms with Crippen molar-refractivity contribution in [2.24, 2.45) is 17.8 Å². The van der Waals surface area contributed by atoms with Crippen LogP contribution < -0.4 is 5.32 Å². The fourth-order valence-electron chi connectivity index (χ4n) is 4.08. The highest BCUT2D eigenvalue weighted by Crippen LogP contribution is 2.55. The first-order valence-corrected chi connectivity index (χ1v) is 8.65. The highest BCUT2D eigenvalue weighted by atomic mass is 16.2. The summed E-state index contributed by atoms with van der Waals surface area (Å²) in [6.07, 6.45) is 6.12. The van der Waals surface area contributed by atoms with Gasteiger partial charge in [-0.3, -0.25) is 4.79 Å². The monoisotopic (exact) mass is 300 g/mol. The van der Waals surface area contributed by atoms with Crippen molar-refractivity contribution in [2.45, 2.75) is 38.6 Å². The molecule has 0 radical (unpaired) electrons. The first-order chi connectivity index (χ1) is 10.6. The Hall–Kier alpha value is -1.35. The van der Waals surface area contributed by atoms with Crippen molar-refractivity contribution < 1.29 is 4.79 Å². The molecule has 22 heavy (non-hydrogen) atoms. The molecule has 0 heterocycles. The quantitative estimate of drug-likeness (QED) is 0.876. The Morgan fingerprint density at radius 2 is 1.86 bits per heavy atom. The lowest BCUT2D eigenvalue weighted by atomic mass is 10.0. The molecule has 120 valence electrons. The van der Waals surface area contributed by atoms with E-state index >= 15 is 0 Å². The molecule has 0 aromatic heterocycles. The lowest BCUT2D eigenvalue weighted by Crippen LogP contribution is -2.28. The summed E-state index contributed by atoms with van der Waals surface area (Å²) in [5, 5.41) is 3.16. The van der Waals surface area contributed by atoms with Crippen LogP contribution in [0.4, 0.5) is 0 Å². The van der Waals surface area contributed by atoms with Crippen LogP contribution in [-0.2, 0) is 17.8 Å². The molecule has 2 fully saturated rings. The maximum absolute atomic E-state index is 12.3. The van der Waals surface area contributed by atoms with Crippen LogP contribution in [0.25, 0.3) is 0 Å². The van der Waals surface area contributed by atoms with E-state index in [1.807, 2.05) is 0 Å². The summed E-state index contributed by atoms with van der Waals surface area (Å²) in [5.74, 6) is 2.05. The summed E-state index contributed by atoms with van der Waals surface area (Å²) in [6, 6.07) is 8.69. The van der Waals surface area contributed by atoms with Gasteiger partial charge in [-0.05, 0) is 56.3 Å². The molecular weight excluding hydrogens is 272 g/mol. The Morgan fingerprint density at radius 3 is 2.55 bits per heavy atom. The van der Waals surface area contributed by atoms with Gasteiger partial charge in [-0.15, -0.1) is 0 Å². The SMILES string of the molecule is CN(C)Cc1cccc(CCNC(=O)C2C3CCCCC32)c1. The Labute approximate surface area is 134 Å². The second-order valence-electron chi connectivity index (χ2n) is 7.24. The normalized spacial score (nSPS) is 26.6. The molecule has 0 spiro atoms. The molecule has 3 rings (SSSR count). The molecule has 1 N–H and O–H groups in total. The van der Waals surface area contributed by atoms with Crippen molar-refractivity contribution in [2.75, 3.05) is 20.6 Å². The maximum Gasteiger partial charge on any atom is 0.223 e. The second-order valence-corrected chi connectivity index (χ2v) is 7.24. The second kappa shape index (κ2) is 6.82. The van der Waals surface area contributed by atoms with Crippen LogP contribution in [0.1, 0.15) is 36.8 Å². The summed E-state index contributed by atoms with van der Waals surface area (Å²) in [7, 11) is 4.17. The van der Waals surface area contributed by atoms with Gasteiger partial charge in [0.25, 0.3) is 0 Å². The molecule has 0 bridgehead atoms. The summed E-state index contributed by atoms with van der Waals surface area (Å²) < 4.78 is 0. The van der Waals surface area contributed by atoms with E-state index in [1.165, 1.54) is 36.8 Å². The van der Waals surface area contributed by atoms with E-state index in [9.17, 15) is 4.79 Å². The summed E-state index contributed by atoms with van der Waals surface area (Å²) in [6.45, 7) is 1.73. The number of fused-ring (bicyclic) bond motifs is 1. The van der Waals surface area contributed by atoms with Crippen LogP contribution in [0, 0.1) is 17.8 Å². The first kappa shape index (κ1) is 15.5. The standard InChI is InChI=1S/C19H28N2O/c1-21(2)13-15-7-5-6-14(12-15)10-11-20-19(22)18-16-8-3-4-9-17(16)18/h5-7,12,16-18H,3-4,8-11,13H2,1-2H3,(H,20,22). The van der Waals surface area contributed by atoms with Crippen molar-refractivity contribution in [1.29, 1.82) is 0 Å². The fraction of sp³-hybridized carbons (Fsp3) is 0.632. The number of hydrogen-bond donors (Lipinski definition) is 1. The molecule has 3 nitrogen and oxygen atoms in total. The molecule has 1 amide bonds. The smallest absolute Gasteiger partial charge is 0.223 e. The van der Waals surface area contributed by atoms with Crippen molar-refractivity contribution in [3.05, 3.63) is 35.4 Å². The molecule has 2 atom stereocenters. The molecular formula is C19H28N2O. The van der Waals surface area contributed by atoms with Gasteiger partial charge in [0.1, 0.15) is 0 Å². The zero-order chi connectivity index (χ0) is 15.5. The van der Waals surface area contributed by atoms with Crippen molar-refractivity contribution >= 4 is 5.91 Å². The zero-order valence-electron chi connectivity index (χ0n) is 13.8. The fourth-order valence-corrected chi connectivity index (χ4v) is 4.08. The summed E-state index contributed by atoms with van der Waals surface area (Å²) >= 11 is 0. The molecule has 0 aliphatic heterocycles. The largest absolute Gasteiger partial charge is 0.356 e. The van der Waals surface area contributed by atoms with Gasteiger partial charge in [-0.2, -0.15) is 0 Å². The number of hydrogen-bond acceptors (Lipinski definition) is 2. The lowest BCUT2D eigenvalue weighted by molar-refractivity contribution is -0.122. The van der Waals surface area contributed by atoms with Gasteiger partial charge in [0.05, 0.1) is 0 Å². The van der Waals surface area contributed by atoms with Crippen LogP contribution in [0.3, 0.4) is 0 Å². The van der Waals surface area contributed by atoms with E-state index < -0.39 is 0 Å². The van der Waals surface area contributed by atoms with E-state index in [1.54, 1.807) is 0 Å². The predicted molar refractivity (Wildman–Crippen MR) is 89.5 cm³/mol. The Morgan fingerprint density at radius 1 is 1.18 bits per heavy atom. The molecule has 0 saturated heterocycles. The van der Waals surface area contributed by atoms with Gasteiger partial charge in [0.2, 0.25) is 5.91 Å². The third-order valence-corrected chi connectivity index (χ3v) is 5.16. The van der Waals surface area contributed by atoms with E-state index in [0.717, 1.165) is 19.5 Å². The molecule has 1 aromatic carbocycles. The third-order valence-electron chi connectivity index (χ3n) is 5.16. The average Bonchev–Trinajstić information content (AvgIpc) is 3.21. The van der Waals surface area contributed by atoms with Crippen LogP contribution >= 0.6 is 0 Å². The minimum atomic E-state index is 0.307. The topological polar surface area (TPSA) is 32.3 Å². The number of nitrogens with zero attached hydrogens (tertiary/aromatic N) is 1. The van der Waals surface area contributed by atoms with E-state index in [-0.39, 0.29) is 0 Å². The highest BCUT2D eigenvalue weighted by Gasteiger charge is 2.54. The summed E-state index contributed by atoms with van der Waals surface area (Å²) in [5.41, 5.74) is 2.65.